The molecule has 134 valence electrons. The summed E-state index contributed by atoms with van der Waals surface area (Å²) in [5.41, 5.74) is 0. The zero-order chi connectivity index (χ0) is 17.7. The number of benzene rings is 1. The molecule has 0 radical (unpaired) electrons. The maximum absolute atomic E-state index is 12.3. The quantitative estimate of drug-likeness (QED) is 0.769. The molecule has 0 saturated heterocycles. The average molecular weight is 374 g/mol. The molecule has 1 fully saturated rings. The number of halogens is 1. The van der Waals surface area contributed by atoms with Crippen LogP contribution in [0.2, 0.25) is 5.02 Å². The fourth-order valence-electron chi connectivity index (χ4n) is 3.03. The van der Waals surface area contributed by atoms with Crippen molar-refractivity contribution in [3.63, 3.8) is 0 Å². The Morgan fingerprint density at radius 2 is 1.79 bits per heavy atom. The summed E-state index contributed by atoms with van der Waals surface area (Å²) in [6, 6.07) is 6.19. The van der Waals surface area contributed by atoms with Crippen molar-refractivity contribution in [3.8, 4) is 0 Å². The summed E-state index contributed by atoms with van der Waals surface area (Å²) in [5, 5.41) is 0.483. The molecule has 0 bridgehead atoms. The van der Waals surface area contributed by atoms with Crippen molar-refractivity contribution in [3.05, 3.63) is 29.3 Å². The summed E-state index contributed by atoms with van der Waals surface area (Å²) in [5.74, 6) is -0.320. The van der Waals surface area contributed by atoms with Crippen molar-refractivity contribution in [2.45, 2.75) is 49.1 Å². The first-order chi connectivity index (χ1) is 11.3. The number of nitrogens with zero attached hydrogens (tertiary/aromatic N) is 1. The van der Waals surface area contributed by atoms with Crippen molar-refractivity contribution < 1.29 is 17.9 Å². The molecule has 1 aliphatic carbocycles. The van der Waals surface area contributed by atoms with Crippen LogP contribution < -0.4 is 0 Å². The number of ether oxygens (including phenoxy) is 1. The summed E-state index contributed by atoms with van der Waals surface area (Å²) in [6.45, 7) is 0. The molecule has 5 nitrogen and oxygen atoms in total. The number of amides is 1. The zero-order valence-electron chi connectivity index (χ0n) is 14.1. The Labute approximate surface area is 148 Å². The first-order valence-electron chi connectivity index (χ1n) is 8.10. The lowest BCUT2D eigenvalue weighted by Crippen LogP contribution is -2.41. The minimum absolute atomic E-state index is 0.00827. The fraction of sp³-hybridized carbons (Fsp3) is 0.588. The van der Waals surface area contributed by atoms with Gasteiger partial charge in [0, 0.05) is 31.6 Å². The normalized spacial score (nSPS) is 21.5. The maximum Gasteiger partial charge on any atom is 0.223 e. The molecule has 7 heteroatoms. The van der Waals surface area contributed by atoms with Gasteiger partial charge in [0.15, 0.2) is 9.84 Å². The van der Waals surface area contributed by atoms with Crippen LogP contribution >= 0.6 is 11.6 Å². The predicted octanol–water partition coefficient (Wildman–Crippen LogP) is 2.92. The topological polar surface area (TPSA) is 63.7 Å². The third-order valence-electron chi connectivity index (χ3n) is 4.68. The van der Waals surface area contributed by atoms with Crippen molar-refractivity contribution in [1.29, 1.82) is 0 Å². The lowest BCUT2D eigenvalue weighted by Gasteiger charge is -2.34. The van der Waals surface area contributed by atoms with Gasteiger partial charge in [-0.2, -0.15) is 0 Å². The molecule has 1 aliphatic rings. The summed E-state index contributed by atoms with van der Waals surface area (Å²) >= 11 is 5.77. The molecule has 0 atom stereocenters. The first kappa shape index (κ1) is 19.2. The second kappa shape index (κ2) is 8.32. The van der Waals surface area contributed by atoms with E-state index in [9.17, 15) is 13.2 Å². The van der Waals surface area contributed by atoms with Gasteiger partial charge in [-0.25, -0.2) is 8.42 Å². The molecule has 0 N–H and O–H groups in total. The van der Waals surface area contributed by atoms with E-state index in [1.54, 1.807) is 19.1 Å². The Kier molecular flexibility index (Phi) is 6.66. The van der Waals surface area contributed by atoms with Gasteiger partial charge in [-0.05, 0) is 49.9 Å². The Morgan fingerprint density at radius 3 is 2.33 bits per heavy atom. The molecule has 0 spiro atoms. The number of carbonyl (C=O) groups is 1. The highest BCUT2D eigenvalue weighted by atomic mass is 35.5. The van der Waals surface area contributed by atoms with E-state index >= 15 is 0 Å². The number of carbonyl (C=O) groups excluding carboxylic acids is 1. The van der Waals surface area contributed by atoms with E-state index < -0.39 is 9.84 Å². The van der Waals surface area contributed by atoms with Crippen LogP contribution in [0, 0.1) is 0 Å². The summed E-state index contributed by atoms with van der Waals surface area (Å²) < 4.78 is 29.9. The molecule has 0 aliphatic heterocycles. The number of hydrogen-bond acceptors (Lipinski definition) is 4. The Hall–Kier alpha value is -1.11. The van der Waals surface area contributed by atoms with Crippen molar-refractivity contribution in [2.75, 3.05) is 19.9 Å². The van der Waals surface area contributed by atoms with Crippen LogP contribution in [0.3, 0.4) is 0 Å². The fourth-order valence-corrected chi connectivity index (χ4v) is 4.39. The van der Waals surface area contributed by atoms with Gasteiger partial charge in [-0.15, -0.1) is 0 Å². The van der Waals surface area contributed by atoms with Crippen LogP contribution in [0.25, 0.3) is 0 Å². The standard InChI is InChI=1S/C17H24ClNO4S/c1-19(14-5-7-15(23-2)8-6-14)17(20)11-12-24(21,22)16-9-3-13(18)4-10-16/h3-4,9-10,14-15H,5-8,11-12H2,1-2H3. The van der Waals surface area contributed by atoms with Crippen LogP contribution in [-0.2, 0) is 19.4 Å². The lowest BCUT2D eigenvalue weighted by atomic mass is 9.92. The molecule has 2 rings (SSSR count). The molecule has 24 heavy (non-hydrogen) atoms. The first-order valence-corrected chi connectivity index (χ1v) is 10.1. The number of sulfone groups is 1. The van der Waals surface area contributed by atoms with E-state index in [1.807, 2.05) is 0 Å². The van der Waals surface area contributed by atoms with Gasteiger partial charge in [0.2, 0.25) is 5.91 Å². The highest BCUT2D eigenvalue weighted by Gasteiger charge is 2.27. The van der Waals surface area contributed by atoms with Crippen LogP contribution in [-0.4, -0.2) is 51.3 Å². The molecular weight excluding hydrogens is 350 g/mol. The van der Waals surface area contributed by atoms with E-state index in [4.69, 9.17) is 16.3 Å². The SMILES string of the molecule is COC1CCC(N(C)C(=O)CCS(=O)(=O)c2ccc(Cl)cc2)CC1. The number of hydrogen-bond donors (Lipinski definition) is 0. The van der Waals surface area contributed by atoms with Gasteiger partial charge < -0.3 is 9.64 Å². The van der Waals surface area contributed by atoms with E-state index in [0.717, 1.165) is 25.7 Å². The van der Waals surface area contributed by atoms with Gasteiger partial charge in [0.05, 0.1) is 16.8 Å². The minimum Gasteiger partial charge on any atom is -0.381 e. The van der Waals surface area contributed by atoms with Gasteiger partial charge >= 0.3 is 0 Å². The highest BCUT2D eigenvalue weighted by molar-refractivity contribution is 7.91. The lowest BCUT2D eigenvalue weighted by molar-refractivity contribution is -0.132. The van der Waals surface area contributed by atoms with E-state index in [0.29, 0.717) is 5.02 Å². The largest absolute Gasteiger partial charge is 0.381 e. The minimum atomic E-state index is -3.48. The zero-order valence-corrected chi connectivity index (χ0v) is 15.6. The second-order valence-electron chi connectivity index (χ2n) is 6.19. The Balaban J connectivity index is 1.89. The van der Waals surface area contributed by atoms with Crippen molar-refractivity contribution in [2.24, 2.45) is 0 Å². The molecule has 1 aromatic carbocycles. The summed E-state index contributed by atoms with van der Waals surface area (Å²) in [6.07, 6.45) is 3.92. The van der Waals surface area contributed by atoms with Gasteiger partial charge in [-0.3, -0.25) is 4.79 Å². The van der Waals surface area contributed by atoms with E-state index in [-0.39, 0.29) is 35.1 Å². The predicted molar refractivity (Wildman–Crippen MR) is 93.9 cm³/mol. The maximum atomic E-state index is 12.3. The summed E-state index contributed by atoms with van der Waals surface area (Å²) in [7, 11) is -0.00645. The Morgan fingerprint density at radius 1 is 1.21 bits per heavy atom. The molecule has 1 amide bonds. The number of rotatable bonds is 6. The van der Waals surface area contributed by atoms with Crippen LogP contribution in [0.4, 0.5) is 0 Å². The molecular formula is C17H24ClNO4S. The molecule has 1 saturated carbocycles. The smallest absolute Gasteiger partial charge is 0.223 e. The van der Waals surface area contributed by atoms with Gasteiger partial charge in [0.25, 0.3) is 0 Å². The average Bonchev–Trinajstić information content (AvgIpc) is 2.59. The van der Waals surface area contributed by atoms with Gasteiger partial charge in [0.1, 0.15) is 0 Å². The van der Waals surface area contributed by atoms with Crippen LogP contribution in [0.1, 0.15) is 32.1 Å². The van der Waals surface area contributed by atoms with Crippen molar-refractivity contribution in [1.82, 2.24) is 4.90 Å². The monoisotopic (exact) mass is 373 g/mol. The van der Waals surface area contributed by atoms with E-state index in [1.165, 1.54) is 24.3 Å². The van der Waals surface area contributed by atoms with Gasteiger partial charge in [-0.1, -0.05) is 11.6 Å². The summed E-state index contributed by atoms with van der Waals surface area (Å²) in [4.78, 5) is 14.2. The molecule has 1 aromatic rings. The third-order valence-corrected chi connectivity index (χ3v) is 6.66. The highest BCUT2D eigenvalue weighted by Crippen LogP contribution is 2.24. The van der Waals surface area contributed by atoms with E-state index in [2.05, 4.69) is 0 Å². The van der Waals surface area contributed by atoms with Crippen molar-refractivity contribution >= 4 is 27.3 Å². The Bertz CT molecular complexity index is 652. The van der Waals surface area contributed by atoms with Crippen LogP contribution in [0.15, 0.2) is 29.2 Å². The molecule has 0 heterocycles. The molecule has 0 unspecified atom stereocenters. The second-order valence-corrected chi connectivity index (χ2v) is 8.74. The number of methoxy groups -OCH3 is 1. The third kappa shape index (κ3) is 4.94. The molecule has 0 aromatic heterocycles. The van der Waals surface area contributed by atoms with Crippen LogP contribution in [0.5, 0.6) is 0 Å².